The van der Waals surface area contributed by atoms with Gasteiger partial charge in [0.15, 0.2) is 0 Å². The lowest BCUT2D eigenvalue weighted by atomic mass is 10.1. The smallest absolute Gasteiger partial charge is 0.248 e. The van der Waals surface area contributed by atoms with E-state index in [0.29, 0.717) is 23.1 Å². The highest BCUT2D eigenvalue weighted by atomic mass is 35.5. The first-order valence-corrected chi connectivity index (χ1v) is 9.13. The summed E-state index contributed by atoms with van der Waals surface area (Å²) in [6, 6.07) is 11.1. The second-order valence-corrected chi connectivity index (χ2v) is 6.62. The molecule has 1 amide bonds. The normalized spacial score (nSPS) is 11.0. The fraction of sp³-hybridized carbons (Fsp3) is 0.190. The summed E-state index contributed by atoms with van der Waals surface area (Å²) in [6.45, 7) is 4.45. The van der Waals surface area contributed by atoms with Crippen molar-refractivity contribution in [3.63, 3.8) is 0 Å². The maximum absolute atomic E-state index is 12.3. The van der Waals surface area contributed by atoms with Gasteiger partial charge in [-0.1, -0.05) is 29.8 Å². The van der Waals surface area contributed by atoms with Gasteiger partial charge in [0.1, 0.15) is 5.69 Å². The molecule has 0 unspecified atom stereocenters. The topological polar surface area (TPSA) is 69.0 Å². The van der Waals surface area contributed by atoms with Crippen LogP contribution in [0.4, 0.5) is 5.69 Å². The van der Waals surface area contributed by atoms with Gasteiger partial charge in [0.25, 0.3) is 0 Å². The number of amides is 1. The van der Waals surface area contributed by atoms with E-state index in [9.17, 15) is 4.79 Å². The van der Waals surface area contributed by atoms with Crippen molar-refractivity contribution >= 4 is 29.3 Å². The van der Waals surface area contributed by atoms with Gasteiger partial charge in [-0.3, -0.25) is 9.48 Å². The van der Waals surface area contributed by atoms with Crippen LogP contribution < -0.4 is 10.1 Å². The largest absolute Gasteiger partial charge is 0.480 e. The number of nitrogens with one attached hydrogen (secondary N) is 1. The van der Waals surface area contributed by atoms with Gasteiger partial charge in [0, 0.05) is 28.6 Å². The number of carbonyl (C=O) groups is 1. The Morgan fingerprint density at radius 1 is 1.25 bits per heavy atom. The lowest BCUT2D eigenvalue weighted by Gasteiger charge is -2.07. The van der Waals surface area contributed by atoms with Crippen molar-refractivity contribution in [1.29, 1.82) is 0 Å². The Morgan fingerprint density at radius 3 is 2.79 bits per heavy atom. The lowest BCUT2D eigenvalue weighted by Crippen LogP contribution is -2.09. The Hall–Kier alpha value is -3.12. The number of aryl methyl sites for hydroxylation is 1. The number of aromatic nitrogens is 3. The molecule has 0 aliphatic heterocycles. The summed E-state index contributed by atoms with van der Waals surface area (Å²) >= 11 is 6.25. The van der Waals surface area contributed by atoms with E-state index in [-0.39, 0.29) is 5.91 Å². The first-order valence-electron chi connectivity index (χ1n) is 8.75. The third kappa shape index (κ3) is 4.40. The van der Waals surface area contributed by atoms with Crippen LogP contribution in [0.1, 0.15) is 22.5 Å². The molecule has 0 fully saturated rings. The van der Waals surface area contributed by atoms with E-state index < -0.39 is 0 Å². The summed E-state index contributed by atoms with van der Waals surface area (Å²) in [5, 5.41) is 8.05. The molecule has 7 heteroatoms. The zero-order valence-electron chi connectivity index (χ0n) is 15.9. The maximum Gasteiger partial charge on any atom is 0.248 e. The van der Waals surface area contributed by atoms with Crippen LogP contribution in [0.15, 0.2) is 48.7 Å². The average molecular weight is 397 g/mol. The number of anilines is 1. The molecule has 0 aliphatic rings. The highest BCUT2D eigenvalue weighted by molar-refractivity contribution is 6.31. The quantitative estimate of drug-likeness (QED) is 0.632. The Balaban J connectivity index is 1.76. The predicted molar refractivity (Wildman–Crippen MR) is 111 cm³/mol. The van der Waals surface area contributed by atoms with Crippen LogP contribution in [-0.2, 0) is 11.3 Å². The monoisotopic (exact) mass is 396 g/mol. The van der Waals surface area contributed by atoms with Crippen LogP contribution in [0.2, 0.25) is 5.02 Å². The molecule has 1 aromatic carbocycles. The molecule has 0 bridgehead atoms. The highest BCUT2D eigenvalue weighted by Crippen LogP contribution is 2.21. The second-order valence-electron chi connectivity index (χ2n) is 6.22. The standard InChI is InChI=1S/C21H21ClN4O2/c1-14-17(10-11-20(27)24-19-9-6-12-23-21(19)28-3)15(2)26(25-14)13-16-7-4-5-8-18(16)22/h4-12H,13H2,1-3H3,(H,24,27). The van der Waals surface area contributed by atoms with E-state index in [1.54, 1.807) is 24.4 Å². The fourth-order valence-corrected chi connectivity index (χ4v) is 3.07. The van der Waals surface area contributed by atoms with E-state index in [1.807, 2.05) is 42.8 Å². The van der Waals surface area contributed by atoms with Gasteiger partial charge in [-0.2, -0.15) is 5.10 Å². The van der Waals surface area contributed by atoms with E-state index in [0.717, 1.165) is 22.5 Å². The lowest BCUT2D eigenvalue weighted by molar-refractivity contribution is -0.111. The van der Waals surface area contributed by atoms with Crippen LogP contribution in [0, 0.1) is 13.8 Å². The highest BCUT2D eigenvalue weighted by Gasteiger charge is 2.12. The summed E-state index contributed by atoms with van der Waals surface area (Å²) in [7, 11) is 1.51. The summed E-state index contributed by atoms with van der Waals surface area (Å²) in [6.07, 6.45) is 4.84. The Morgan fingerprint density at radius 2 is 2.04 bits per heavy atom. The minimum atomic E-state index is -0.274. The number of pyridine rings is 1. The second kappa shape index (κ2) is 8.71. The number of halogens is 1. The molecular formula is C21H21ClN4O2. The minimum absolute atomic E-state index is 0.274. The van der Waals surface area contributed by atoms with Crippen molar-refractivity contribution in [2.45, 2.75) is 20.4 Å². The van der Waals surface area contributed by atoms with Gasteiger partial charge in [0.2, 0.25) is 11.8 Å². The summed E-state index contributed by atoms with van der Waals surface area (Å²) in [5.41, 5.74) is 4.21. The average Bonchev–Trinajstić information content (AvgIpc) is 2.95. The van der Waals surface area contributed by atoms with Gasteiger partial charge in [-0.15, -0.1) is 0 Å². The molecular weight excluding hydrogens is 376 g/mol. The van der Waals surface area contributed by atoms with E-state index in [1.165, 1.54) is 13.2 Å². The minimum Gasteiger partial charge on any atom is -0.480 e. The Labute approximate surface area is 168 Å². The number of hydrogen-bond donors (Lipinski definition) is 1. The molecule has 144 valence electrons. The van der Waals surface area contributed by atoms with E-state index in [2.05, 4.69) is 15.4 Å². The molecule has 3 aromatic rings. The van der Waals surface area contributed by atoms with Crippen LogP contribution >= 0.6 is 11.6 Å². The van der Waals surface area contributed by atoms with Crippen LogP contribution in [0.3, 0.4) is 0 Å². The molecule has 0 radical (unpaired) electrons. The van der Waals surface area contributed by atoms with E-state index in [4.69, 9.17) is 16.3 Å². The first kappa shape index (κ1) is 19.6. The van der Waals surface area contributed by atoms with Crippen molar-refractivity contribution in [3.05, 3.63) is 76.2 Å². The van der Waals surface area contributed by atoms with Crippen molar-refractivity contribution in [2.75, 3.05) is 12.4 Å². The summed E-state index contributed by atoms with van der Waals surface area (Å²) in [4.78, 5) is 16.4. The molecule has 28 heavy (non-hydrogen) atoms. The number of hydrogen-bond acceptors (Lipinski definition) is 4. The van der Waals surface area contributed by atoms with Crippen molar-refractivity contribution < 1.29 is 9.53 Å². The van der Waals surface area contributed by atoms with Crippen LogP contribution in [0.25, 0.3) is 6.08 Å². The molecule has 0 saturated carbocycles. The van der Waals surface area contributed by atoms with Gasteiger partial charge in [0.05, 0.1) is 19.3 Å². The number of nitrogens with zero attached hydrogens (tertiary/aromatic N) is 3. The molecule has 0 aliphatic carbocycles. The third-order valence-electron chi connectivity index (χ3n) is 4.34. The van der Waals surface area contributed by atoms with Crippen LogP contribution in [-0.4, -0.2) is 27.8 Å². The summed E-state index contributed by atoms with van der Waals surface area (Å²) < 4.78 is 7.03. The molecule has 1 N–H and O–H groups in total. The molecule has 2 heterocycles. The molecule has 3 rings (SSSR count). The molecule has 0 atom stereocenters. The van der Waals surface area contributed by atoms with Crippen molar-refractivity contribution in [3.8, 4) is 5.88 Å². The zero-order valence-corrected chi connectivity index (χ0v) is 16.7. The summed E-state index contributed by atoms with van der Waals surface area (Å²) in [5.74, 6) is 0.0909. The first-order chi connectivity index (χ1) is 13.5. The fourth-order valence-electron chi connectivity index (χ4n) is 2.88. The van der Waals surface area contributed by atoms with Crippen LogP contribution in [0.5, 0.6) is 5.88 Å². The van der Waals surface area contributed by atoms with E-state index >= 15 is 0 Å². The van der Waals surface area contributed by atoms with Gasteiger partial charge in [-0.25, -0.2) is 4.98 Å². The third-order valence-corrected chi connectivity index (χ3v) is 4.71. The Kier molecular flexibility index (Phi) is 6.11. The van der Waals surface area contributed by atoms with Crippen molar-refractivity contribution in [2.24, 2.45) is 0 Å². The molecule has 6 nitrogen and oxygen atoms in total. The predicted octanol–water partition coefficient (Wildman–Crippen LogP) is 4.26. The Bertz CT molecular complexity index is 1030. The van der Waals surface area contributed by atoms with Gasteiger partial charge >= 0.3 is 0 Å². The number of methoxy groups -OCH3 is 1. The SMILES string of the molecule is COc1ncccc1NC(=O)C=Cc1c(C)nn(Cc2ccccc2Cl)c1C. The number of rotatable bonds is 6. The van der Waals surface area contributed by atoms with Gasteiger partial charge < -0.3 is 10.1 Å². The molecule has 0 spiro atoms. The molecule has 2 aromatic heterocycles. The number of carbonyl (C=O) groups excluding carboxylic acids is 1. The maximum atomic E-state index is 12.3. The zero-order chi connectivity index (χ0) is 20.1. The number of benzene rings is 1. The molecule has 0 saturated heterocycles. The number of ether oxygens (including phenoxy) is 1. The van der Waals surface area contributed by atoms with Gasteiger partial charge in [-0.05, 0) is 43.7 Å². The van der Waals surface area contributed by atoms with Crippen molar-refractivity contribution in [1.82, 2.24) is 14.8 Å².